The van der Waals surface area contributed by atoms with Crippen LogP contribution in [0.1, 0.15) is 49.9 Å². The highest BCUT2D eigenvalue weighted by molar-refractivity contribution is 5.88. The van der Waals surface area contributed by atoms with E-state index in [0.717, 1.165) is 73.9 Å². The molecule has 7 nitrogen and oxygen atoms in total. The monoisotopic (exact) mass is 421 g/mol. The normalized spacial score (nSPS) is 22.9. The molecular weight excluding hydrogens is 390 g/mol. The molecule has 7 heteroatoms. The Morgan fingerprint density at radius 2 is 1.71 bits per heavy atom. The molecule has 2 aliphatic rings. The number of piperidine rings is 1. The molecule has 1 saturated carbocycles. The van der Waals surface area contributed by atoms with E-state index in [-0.39, 0.29) is 6.10 Å². The Kier molecular flexibility index (Phi) is 5.63. The van der Waals surface area contributed by atoms with Crippen LogP contribution in [0, 0.1) is 13.8 Å². The molecule has 3 heterocycles. The molecule has 31 heavy (non-hydrogen) atoms. The van der Waals surface area contributed by atoms with Crippen LogP contribution in [0.4, 0.5) is 5.82 Å². The van der Waals surface area contributed by atoms with Crippen LogP contribution in [0.15, 0.2) is 28.8 Å². The first kappa shape index (κ1) is 20.4. The van der Waals surface area contributed by atoms with Gasteiger partial charge in [-0.05, 0) is 70.6 Å². The molecule has 0 amide bonds. The number of benzene rings is 1. The Morgan fingerprint density at radius 1 is 0.968 bits per heavy atom. The lowest BCUT2D eigenvalue weighted by molar-refractivity contribution is 0.113. The minimum absolute atomic E-state index is 0.102. The van der Waals surface area contributed by atoms with Crippen molar-refractivity contribution < 1.29 is 9.63 Å². The minimum Gasteiger partial charge on any atom is -0.393 e. The largest absolute Gasteiger partial charge is 0.393 e. The second-order valence-electron chi connectivity index (χ2n) is 9.14. The van der Waals surface area contributed by atoms with Gasteiger partial charge < -0.3 is 19.8 Å². The lowest BCUT2D eigenvalue weighted by Gasteiger charge is -2.37. The van der Waals surface area contributed by atoms with E-state index in [0.29, 0.717) is 23.8 Å². The zero-order chi connectivity index (χ0) is 21.4. The second-order valence-corrected chi connectivity index (χ2v) is 9.14. The molecule has 0 atom stereocenters. The van der Waals surface area contributed by atoms with Crippen molar-refractivity contribution in [2.45, 2.75) is 70.6 Å². The fraction of sp³-hybridized carbons (Fsp3) is 0.542. The van der Waals surface area contributed by atoms with Crippen molar-refractivity contribution in [3.05, 3.63) is 35.7 Å². The lowest BCUT2D eigenvalue weighted by atomic mass is 9.91. The molecule has 0 unspecified atom stereocenters. The summed E-state index contributed by atoms with van der Waals surface area (Å²) in [6.07, 6.45) is 6.05. The van der Waals surface area contributed by atoms with Crippen LogP contribution in [0.5, 0.6) is 0 Å². The number of aryl methyl sites for hydroxylation is 2. The van der Waals surface area contributed by atoms with Crippen molar-refractivity contribution in [1.29, 1.82) is 0 Å². The van der Waals surface area contributed by atoms with Gasteiger partial charge in [-0.1, -0.05) is 16.8 Å². The Morgan fingerprint density at radius 3 is 2.42 bits per heavy atom. The van der Waals surface area contributed by atoms with Crippen molar-refractivity contribution in [2.75, 3.05) is 18.0 Å². The number of hydrogen-bond acceptors (Lipinski definition) is 7. The molecule has 5 rings (SSSR count). The number of anilines is 1. The predicted molar refractivity (Wildman–Crippen MR) is 121 cm³/mol. The van der Waals surface area contributed by atoms with Crippen LogP contribution in [0.3, 0.4) is 0 Å². The first-order valence-corrected chi connectivity index (χ1v) is 11.5. The van der Waals surface area contributed by atoms with Gasteiger partial charge in [-0.15, -0.1) is 0 Å². The Balaban J connectivity index is 1.36. The summed E-state index contributed by atoms with van der Waals surface area (Å²) in [7, 11) is 0. The van der Waals surface area contributed by atoms with Crippen molar-refractivity contribution in [3.8, 4) is 11.5 Å². The van der Waals surface area contributed by atoms with Gasteiger partial charge in [-0.2, -0.15) is 4.98 Å². The van der Waals surface area contributed by atoms with Gasteiger partial charge in [-0.25, -0.2) is 4.98 Å². The van der Waals surface area contributed by atoms with Crippen LogP contribution < -0.4 is 10.2 Å². The Bertz CT molecular complexity index is 1050. The highest BCUT2D eigenvalue weighted by Gasteiger charge is 2.27. The summed E-state index contributed by atoms with van der Waals surface area (Å²) in [5.41, 5.74) is 3.10. The molecule has 1 aliphatic heterocycles. The molecule has 2 fully saturated rings. The fourth-order valence-electron chi connectivity index (χ4n) is 4.92. The number of aliphatic hydroxyl groups excluding tert-OH is 1. The molecule has 0 spiro atoms. The molecule has 2 N–H and O–H groups in total. The maximum Gasteiger partial charge on any atom is 0.261 e. The van der Waals surface area contributed by atoms with E-state index < -0.39 is 0 Å². The van der Waals surface area contributed by atoms with Crippen molar-refractivity contribution in [3.63, 3.8) is 0 Å². The zero-order valence-electron chi connectivity index (χ0n) is 18.3. The van der Waals surface area contributed by atoms with Gasteiger partial charge in [-0.3, -0.25) is 0 Å². The summed E-state index contributed by atoms with van der Waals surface area (Å²) in [6, 6.07) is 9.54. The summed E-state index contributed by atoms with van der Waals surface area (Å²) in [6.45, 7) is 5.82. The van der Waals surface area contributed by atoms with E-state index in [1.807, 2.05) is 6.92 Å². The Labute approximate surface area is 182 Å². The second kappa shape index (κ2) is 8.55. The maximum absolute atomic E-state index is 9.75. The standard InChI is InChI=1S/C24H31N5O2/c1-15-3-8-22-17(13-15)14-21(24-25-16(2)28-31-24)23(27-22)29-11-9-19(10-12-29)26-18-4-6-20(30)7-5-18/h3,8,13-14,18-20,26,30H,4-7,9-12H2,1-2H3. The fourth-order valence-corrected chi connectivity index (χ4v) is 4.92. The van der Waals surface area contributed by atoms with Gasteiger partial charge in [0.25, 0.3) is 5.89 Å². The summed E-state index contributed by atoms with van der Waals surface area (Å²) in [4.78, 5) is 11.9. The minimum atomic E-state index is -0.102. The van der Waals surface area contributed by atoms with Gasteiger partial charge in [0.05, 0.1) is 17.2 Å². The molecule has 0 radical (unpaired) electrons. The third-order valence-electron chi connectivity index (χ3n) is 6.67. The van der Waals surface area contributed by atoms with E-state index in [2.05, 4.69) is 51.5 Å². The molecule has 1 aliphatic carbocycles. The SMILES string of the molecule is Cc1ccc2nc(N3CCC(NC4CCC(O)CC4)CC3)c(-c3nc(C)no3)cc2c1. The zero-order valence-corrected chi connectivity index (χ0v) is 18.3. The molecule has 1 aromatic carbocycles. The van der Waals surface area contributed by atoms with Crippen LogP contribution in [0.2, 0.25) is 0 Å². The highest BCUT2D eigenvalue weighted by atomic mass is 16.5. The first-order chi connectivity index (χ1) is 15.0. The Hall–Kier alpha value is -2.51. The topological polar surface area (TPSA) is 87.3 Å². The van der Waals surface area contributed by atoms with Crippen LogP contribution >= 0.6 is 0 Å². The summed E-state index contributed by atoms with van der Waals surface area (Å²) in [5.74, 6) is 2.09. The van der Waals surface area contributed by atoms with Gasteiger partial charge in [0.1, 0.15) is 5.82 Å². The van der Waals surface area contributed by atoms with Crippen molar-refractivity contribution >= 4 is 16.7 Å². The van der Waals surface area contributed by atoms with Gasteiger partial charge in [0.15, 0.2) is 5.82 Å². The third-order valence-corrected chi connectivity index (χ3v) is 6.67. The highest BCUT2D eigenvalue weighted by Crippen LogP contribution is 2.33. The smallest absolute Gasteiger partial charge is 0.261 e. The van der Waals surface area contributed by atoms with Crippen molar-refractivity contribution in [2.24, 2.45) is 0 Å². The molecule has 3 aromatic rings. The van der Waals surface area contributed by atoms with Crippen LogP contribution in [0.25, 0.3) is 22.4 Å². The van der Waals surface area contributed by atoms with E-state index >= 15 is 0 Å². The van der Waals surface area contributed by atoms with Crippen LogP contribution in [-0.2, 0) is 0 Å². The number of fused-ring (bicyclic) bond motifs is 1. The number of pyridine rings is 1. The van der Waals surface area contributed by atoms with Crippen molar-refractivity contribution in [1.82, 2.24) is 20.4 Å². The number of hydrogen-bond donors (Lipinski definition) is 2. The van der Waals surface area contributed by atoms with E-state index in [1.165, 1.54) is 5.56 Å². The number of rotatable bonds is 4. The maximum atomic E-state index is 9.75. The summed E-state index contributed by atoms with van der Waals surface area (Å²) < 4.78 is 5.53. The van der Waals surface area contributed by atoms with E-state index in [9.17, 15) is 5.11 Å². The predicted octanol–water partition coefficient (Wildman–Crippen LogP) is 3.76. The van der Waals surface area contributed by atoms with Gasteiger partial charge in [0, 0.05) is 30.6 Å². The average Bonchev–Trinajstić information content (AvgIpc) is 3.21. The number of nitrogens with zero attached hydrogens (tertiary/aromatic N) is 4. The number of aromatic nitrogens is 3. The quantitative estimate of drug-likeness (QED) is 0.663. The molecule has 164 valence electrons. The molecule has 1 saturated heterocycles. The number of nitrogens with one attached hydrogen (secondary N) is 1. The van der Waals surface area contributed by atoms with E-state index in [4.69, 9.17) is 9.51 Å². The lowest BCUT2D eigenvalue weighted by Crippen LogP contribution is -2.47. The average molecular weight is 422 g/mol. The van der Waals surface area contributed by atoms with Crippen LogP contribution in [-0.4, -0.2) is 51.5 Å². The number of aliphatic hydroxyl groups is 1. The third kappa shape index (κ3) is 4.43. The van der Waals surface area contributed by atoms with E-state index in [1.54, 1.807) is 0 Å². The van der Waals surface area contributed by atoms with Gasteiger partial charge in [0.2, 0.25) is 0 Å². The molecule has 0 bridgehead atoms. The summed E-state index contributed by atoms with van der Waals surface area (Å²) in [5, 5.41) is 18.7. The summed E-state index contributed by atoms with van der Waals surface area (Å²) >= 11 is 0. The first-order valence-electron chi connectivity index (χ1n) is 11.5. The molecular formula is C24H31N5O2. The molecule has 2 aromatic heterocycles. The van der Waals surface area contributed by atoms with Gasteiger partial charge >= 0.3 is 0 Å².